The van der Waals surface area contributed by atoms with Gasteiger partial charge in [0.25, 0.3) is 0 Å². The Hall–Kier alpha value is -2.97. The highest BCUT2D eigenvalue weighted by molar-refractivity contribution is 6.33. The van der Waals surface area contributed by atoms with E-state index >= 15 is 0 Å². The number of nitrogens with zero attached hydrogens (tertiary/aromatic N) is 2. The molecular weight excluding hydrogens is 328 g/mol. The fraction of sp³-hybridized carbons (Fsp3) is 0. The Morgan fingerprint density at radius 3 is 1.44 bits per heavy atom. The van der Waals surface area contributed by atoms with Gasteiger partial charge in [-0.25, -0.2) is 0 Å². The Labute approximate surface area is 151 Å². The molecule has 0 amide bonds. The molecule has 0 fully saturated rings. The third-order valence-corrected chi connectivity index (χ3v) is 4.37. The molecule has 3 aromatic carbocycles. The lowest BCUT2D eigenvalue weighted by Crippen LogP contribution is -1.98. The highest BCUT2D eigenvalue weighted by Gasteiger charge is 2.19. The van der Waals surface area contributed by atoms with E-state index in [2.05, 4.69) is 22.3 Å². The lowest BCUT2D eigenvalue weighted by atomic mass is 9.92. The van der Waals surface area contributed by atoms with Crippen molar-refractivity contribution in [1.29, 1.82) is 0 Å². The van der Waals surface area contributed by atoms with Crippen LogP contribution < -0.4 is 0 Å². The molecule has 0 aliphatic heterocycles. The van der Waals surface area contributed by atoms with E-state index in [0.717, 1.165) is 33.5 Å². The van der Waals surface area contributed by atoms with Gasteiger partial charge in [0, 0.05) is 16.7 Å². The zero-order chi connectivity index (χ0) is 17.1. The SMILES string of the molecule is Clc1nnc(-c2ccccc2)c(-c2ccccc2)c1-c1ccccc1. The lowest BCUT2D eigenvalue weighted by molar-refractivity contribution is 1.04. The molecule has 0 aliphatic rings. The van der Waals surface area contributed by atoms with Gasteiger partial charge in [-0.2, -0.15) is 0 Å². The highest BCUT2D eigenvalue weighted by Crippen LogP contribution is 2.41. The summed E-state index contributed by atoms with van der Waals surface area (Å²) in [5.74, 6) is 0. The van der Waals surface area contributed by atoms with E-state index in [1.165, 1.54) is 0 Å². The van der Waals surface area contributed by atoms with Crippen molar-refractivity contribution in [2.24, 2.45) is 0 Å². The molecule has 4 rings (SSSR count). The smallest absolute Gasteiger partial charge is 0.148 e. The van der Waals surface area contributed by atoms with E-state index in [4.69, 9.17) is 11.6 Å². The molecule has 3 heteroatoms. The van der Waals surface area contributed by atoms with Crippen LogP contribution in [-0.4, -0.2) is 10.2 Å². The lowest BCUT2D eigenvalue weighted by Gasteiger charge is -2.15. The molecule has 0 aliphatic carbocycles. The van der Waals surface area contributed by atoms with Crippen LogP contribution in [0.1, 0.15) is 0 Å². The molecule has 0 atom stereocenters. The van der Waals surface area contributed by atoms with Crippen LogP contribution in [0.2, 0.25) is 5.15 Å². The zero-order valence-electron chi connectivity index (χ0n) is 13.4. The Balaban J connectivity index is 2.08. The molecule has 120 valence electrons. The average Bonchev–Trinajstić information content (AvgIpc) is 2.70. The van der Waals surface area contributed by atoms with E-state index in [1.54, 1.807) is 0 Å². The van der Waals surface area contributed by atoms with Gasteiger partial charge in [0.15, 0.2) is 5.15 Å². The first-order chi connectivity index (χ1) is 12.3. The molecule has 4 aromatic rings. The molecule has 1 heterocycles. The molecule has 0 saturated heterocycles. The van der Waals surface area contributed by atoms with Gasteiger partial charge >= 0.3 is 0 Å². The number of rotatable bonds is 3. The Kier molecular flexibility index (Phi) is 4.28. The van der Waals surface area contributed by atoms with Crippen LogP contribution >= 0.6 is 11.6 Å². The molecule has 2 nitrogen and oxygen atoms in total. The maximum atomic E-state index is 6.50. The summed E-state index contributed by atoms with van der Waals surface area (Å²) in [6, 6.07) is 30.4. The Morgan fingerprint density at radius 1 is 0.480 bits per heavy atom. The summed E-state index contributed by atoms with van der Waals surface area (Å²) < 4.78 is 0. The summed E-state index contributed by atoms with van der Waals surface area (Å²) >= 11 is 6.50. The van der Waals surface area contributed by atoms with Crippen LogP contribution in [0, 0.1) is 0 Å². The third-order valence-electron chi connectivity index (χ3n) is 4.10. The molecule has 0 bridgehead atoms. The summed E-state index contributed by atoms with van der Waals surface area (Å²) in [6.45, 7) is 0. The van der Waals surface area contributed by atoms with Gasteiger partial charge in [-0.3, -0.25) is 0 Å². The largest absolute Gasteiger partial charge is 0.160 e. The van der Waals surface area contributed by atoms with E-state index in [9.17, 15) is 0 Å². The van der Waals surface area contributed by atoms with Crippen LogP contribution in [0.15, 0.2) is 91.0 Å². The molecule has 25 heavy (non-hydrogen) atoms. The predicted molar refractivity (Wildman–Crippen MR) is 103 cm³/mol. The standard InChI is InChI=1S/C22H15ClN2/c23-22-20(17-12-6-2-7-13-17)19(16-10-4-1-5-11-16)21(24-25-22)18-14-8-3-9-15-18/h1-15H. The summed E-state index contributed by atoms with van der Waals surface area (Å²) in [7, 11) is 0. The molecule has 0 N–H and O–H groups in total. The fourth-order valence-electron chi connectivity index (χ4n) is 2.97. The van der Waals surface area contributed by atoms with Gasteiger partial charge < -0.3 is 0 Å². The van der Waals surface area contributed by atoms with Crippen LogP contribution in [0.3, 0.4) is 0 Å². The predicted octanol–water partition coefficient (Wildman–Crippen LogP) is 6.13. The molecule has 0 unspecified atom stereocenters. The van der Waals surface area contributed by atoms with Crippen molar-refractivity contribution >= 4 is 11.6 Å². The molecule has 0 radical (unpaired) electrons. The Morgan fingerprint density at radius 2 is 0.920 bits per heavy atom. The number of hydrogen-bond donors (Lipinski definition) is 0. The van der Waals surface area contributed by atoms with Crippen LogP contribution in [0.4, 0.5) is 0 Å². The first-order valence-corrected chi connectivity index (χ1v) is 8.45. The third kappa shape index (κ3) is 3.04. The van der Waals surface area contributed by atoms with Gasteiger partial charge in [0.1, 0.15) is 5.69 Å². The van der Waals surface area contributed by atoms with Crippen LogP contribution in [0.25, 0.3) is 33.5 Å². The van der Waals surface area contributed by atoms with E-state index in [-0.39, 0.29) is 0 Å². The number of hydrogen-bond acceptors (Lipinski definition) is 2. The van der Waals surface area contributed by atoms with Gasteiger partial charge in [0.05, 0.1) is 0 Å². The number of benzene rings is 3. The summed E-state index contributed by atoms with van der Waals surface area (Å²) in [4.78, 5) is 0. The quantitative estimate of drug-likeness (QED) is 0.447. The van der Waals surface area contributed by atoms with Gasteiger partial charge in [-0.05, 0) is 11.1 Å². The van der Waals surface area contributed by atoms with Crippen molar-refractivity contribution in [3.8, 4) is 33.5 Å². The second kappa shape index (κ2) is 6.88. The maximum absolute atomic E-state index is 6.50. The van der Waals surface area contributed by atoms with Crippen LogP contribution in [-0.2, 0) is 0 Å². The molecule has 0 spiro atoms. The monoisotopic (exact) mass is 342 g/mol. The number of aromatic nitrogens is 2. The summed E-state index contributed by atoms with van der Waals surface area (Å²) in [5, 5.41) is 9.07. The minimum absolute atomic E-state index is 0.407. The van der Waals surface area contributed by atoms with Crippen molar-refractivity contribution in [2.45, 2.75) is 0 Å². The van der Waals surface area contributed by atoms with Crippen molar-refractivity contribution in [3.05, 3.63) is 96.1 Å². The molecule has 1 aromatic heterocycles. The first-order valence-electron chi connectivity index (χ1n) is 8.07. The topological polar surface area (TPSA) is 25.8 Å². The van der Waals surface area contributed by atoms with Crippen molar-refractivity contribution in [2.75, 3.05) is 0 Å². The molecular formula is C22H15ClN2. The second-order valence-electron chi connectivity index (χ2n) is 5.69. The fourth-order valence-corrected chi connectivity index (χ4v) is 3.21. The van der Waals surface area contributed by atoms with Gasteiger partial charge in [-0.1, -0.05) is 103 Å². The van der Waals surface area contributed by atoms with Crippen LogP contribution in [0.5, 0.6) is 0 Å². The van der Waals surface area contributed by atoms with E-state index < -0.39 is 0 Å². The van der Waals surface area contributed by atoms with Crippen molar-refractivity contribution < 1.29 is 0 Å². The van der Waals surface area contributed by atoms with E-state index in [1.807, 2.05) is 78.9 Å². The minimum Gasteiger partial charge on any atom is -0.148 e. The van der Waals surface area contributed by atoms with E-state index in [0.29, 0.717) is 5.15 Å². The Bertz CT molecular complexity index is 984. The normalized spacial score (nSPS) is 10.6. The second-order valence-corrected chi connectivity index (χ2v) is 6.05. The van der Waals surface area contributed by atoms with Crippen molar-refractivity contribution in [1.82, 2.24) is 10.2 Å². The van der Waals surface area contributed by atoms with Gasteiger partial charge in [-0.15, -0.1) is 10.2 Å². The number of halogens is 1. The summed E-state index contributed by atoms with van der Waals surface area (Å²) in [6.07, 6.45) is 0. The van der Waals surface area contributed by atoms with Gasteiger partial charge in [0.2, 0.25) is 0 Å². The maximum Gasteiger partial charge on any atom is 0.160 e. The highest BCUT2D eigenvalue weighted by atomic mass is 35.5. The van der Waals surface area contributed by atoms with Crippen molar-refractivity contribution in [3.63, 3.8) is 0 Å². The minimum atomic E-state index is 0.407. The molecule has 0 saturated carbocycles. The summed E-state index contributed by atoms with van der Waals surface area (Å²) in [5.41, 5.74) is 5.84. The zero-order valence-corrected chi connectivity index (χ0v) is 14.2. The first kappa shape index (κ1) is 15.6. The average molecular weight is 343 g/mol.